The first-order valence-electron chi connectivity index (χ1n) is 34.6. The molecule has 0 bridgehead atoms. The molecule has 2 aromatic carbocycles. The summed E-state index contributed by atoms with van der Waals surface area (Å²) in [5, 5.41) is 25.3. The number of hydrogen-bond donors (Lipinski definition) is 6. The van der Waals surface area contributed by atoms with E-state index in [1.54, 1.807) is 94.1 Å². The maximum Gasteiger partial charge on any atom is 0.248 e. The van der Waals surface area contributed by atoms with Crippen LogP contribution in [0.2, 0.25) is 5.02 Å². The summed E-state index contributed by atoms with van der Waals surface area (Å²) >= 11 is 6.45. The normalized spacial score (nSPS) is 25.3. The number of rotatable bonds is 15. The maximum atomic E-state index is 15.5. The summed E-state index contributed by atoms with van der Waals surface area (Å²) in [6.45, 7) is 21.8. The first kappa shape index (κ1) is 83.7. The molecule has 0 unspecified atom stereocenters. The minimum absolute atomic E-state index is 0.0418. The van der Waals surface area contributed by atoms with E-state index in [-0.39, 0.29) is 49.9 Å². The van der Waals surface area contributed by atoms with Crippen LogP contribution in [-0.4, -0.2) is 251 Å². The molecule has 2 aromatic rings. The van der Waals surface area contributed by atoms with Crippen LogP contribution in [0.25, 0.3) is 0 Å². The Morgan fingerprint density at radius 3 is 1.59 bits per heavy atom. The predicted molar refractivity (Wildman–Crippen MR) is 377 cm³/mol. The Kier molecular flexibility index (Phi) is 32.3. The van der Waals surface area contributed by atoms with Crippen LogP contribution in [0, 0.1) is 23.7 Å². The Hall–Kier alpha value is -7.71. The smallest absolute Gasteiger partial charge is 0.248 e. The molecule has 99 heavy (non-hydrogen) atoms. The quantitative estimate of drug-likeness (QED) is 0.149. The van der Waals surface area contributed by atoms with Crippen LogP contribution in [0.5, 0.6) is 0 Å². The molecule has 4 rings (SSSR count). The number of carbonyl (C=O) groups excluding carboxylic acids is 12. The van der Waals surface area contributed by atoms with Crippen LogP contribution >= 0.6 is 11.6 Å². The highest BCUT2D eigenvalue weighted by atomic mass is 35.5. The Bertz CT molecular complexity index is 3120. The third-order valence-electron chi connectivity index (χ3n) is 18.0. The Morgan fingerprint density at radius 2 is 1.05 bits per heavy atom. The largest absolute Gasteiger partial charge is 0.391 e. The number of nitrogens with one attached hydrogen (secondary N) is 5. The second kappa shape index (κ2) is 38.2. The molecule has 0 aliphatic carbocycles. The molecule has 2 fully saturated rings. The summed E-state index contributed by atoms with van der Waals surface area (Å²) in [5.41, 5.74) is 0.298. The molecule has 0 spiro atoms. The van der Waals surface area contributed by atoms with Crippen molar-refractivity contribution in [3.8, 4) is 0 Å². The summed E-state index contributed by atoms with van der Waals surface area (Å²) in [4.78, 5) is 187. The number of benzene rings is 2. The SMILES string of the molecule is CC(C)C[C@@H]1NC(=O)[C@H](Cc2cccc(Cl)c2)N(C)C(=O)[C@@H](C)NC(=O)C[C@@H](C(=O)N2CCCCC2)NC(=O)[C@H](CC(C)C)N(C)C(=O)[C@H](Cc2ccccc2)N(C)C(=O)[C@H](COC(C)(C)C)NC(=O)[C@H](C(C)C)N(C)C(=O)CN(C)C(=O)[C@H]([C@@H](C)O)NC(=O)[C@H](CC(C)C)N(C)C1=O. The van der Waals surface area contributed by atoms with E-state index < -0.39 is 168 Å². The lowest BCUT2D eigenvalue weighted by atomic mass is 9.97. The van der Waals surface area contributed by atoms with Crippen molar-refractivity contribution in [3.05, 3.63) is 70.7 Å². The fraction of sp³-hybridized carbons (Fsp3) is 0.667. The lowest BCUT2D eigenvalue weighted by Gasteiger charge is -2.38. The minimum atomic E-state index is -1.67. The fourth-order valence-electron chi connectivity index (χ4n) is 12.4. The number of likely N-dealkylation sites (tertiary alicyclic amines) is 1. The van der Waals surface area contributed by atoms with Gasteiger partial charge in [-0.15, -0.1) is 0 Å². The highest BCUT2D eigenvalue weighted by Crippen LogP contribution is 2.23. The van der Waals surface area contributed by atoms with E-state index in [2.05, 4.69) is 26.6 Å². The molecule has 26 nitrogen and oxygen atoms in total. The Morgan fingerprint density at radius 1 is 0.556 bits per heavy atom. The van der Waals surface area contributed by atoms with Gasteiger partial charge in [0.25, 0.3) is 0 Å². The molecule has 552 valence electrons. The van der Waals surface area contributed by atoms with Crippen LogP contribution in [0.4, 0.5) is 0 Å². The van der Waals surface area contributed by atoms with Crippen LogP contribution in [-0.2, 0) is 75.1 Å². The lowest BCUT2D eigenvalue weighted by Crippen LogP contribution is -2.62. The van der Waals surface area contributed by atoms with Crippen molar-refractivity contribution in [1.29, 1.82) is 0 Å². The van der Waals surface area contributed by atoms with E-state index >= 15 is 24.0 Å². The summed E-state index contributed by atoms with van der Waals surface area (Å²) in [5.74, 6) is -10.5. The van der Waals surface area contributed by atoms with E-state index in [9.17, 15) is 38.7 Å². The van der Waals surface area contributed by atoms with Gasteiger partial charge in [0, 0.05) is 73.2 Å². The zero-order valence-corrected chi connectivity index (χ0v) is 62.6. The zero-order valence-electron chi connectivity index (χ0n) is 61.8. The van der Waals surface area contributed by atoms with Crippen molar-refractivity contribution in [2.75, 3.05) is 68.5 Å². The van der Waals surface area contributed by atoms with Gasteiger partial charge in [-0.3, -0.25) is 57.5 Å². The van der Waals surface area contributed by atoms with Gasteiger partial charge in [-0.2, -0.15) is 0 Å². The highest BCUT2D eigenvalue weighted by Gasteiger charge is 2.44. The first-order chi connectivity index (χ1) is 46.1. The molecule has 2 aliphatic heterocycles. The molecular weight excluding hydrogens is 1290 g/mol. The molecule has 6 N–H and O–H groups in total. The number of hydrogen-bond acceptors (Lipinski definition) is 14. The van der Waals surface area contributed by atoms with Gasteiger partial charge in [-0.05, 0) is 120 Å². The van der Waals surface area contributed by atoms with E-state index in [1.165, 1.54) is 70.8 Å². The molecule has 12 amide bonds. The van der Waals surface area contributed by atoms with Crippen LogP contribution < -0.4 is 26.6 Å². The monoisotopic (exact) mass is 1400 g/mol. The molecule has 2 heterocycles. The topological polar surface area (TPSA) is 317 Å². The van der Waals surface area contributed by atoms with Gasteiger partial charge in [0.1, 0.15) is 60.4 Å². The maximum absolute atomic E-state index is 15.5. The van der Waals surface area contributed by atoms with Gasteiger partial charge in [-0.25, -0.2) is 0 Å². The molecule has 2 saturated heterocycles. The number of nitrogens with zero attached hydrogens (tertiary/aromatic N) is 7. The van der Waals surface area contributed by atoms with E-state index in [0.29, 0.717) is 42.1 Å². The second-order valence-corrected chi connectivity index (χ2v) is 29.8. The number of halogens is 1. The fourth-order valence-corrected chi connectivity index (χ4v) is 12.6. The predicted octanol–water partition coefficient (Wildman–Crippen LogP) is 3.57. The van der Waals surface area contributed by atoms with Crippen molar-refractivity contribution in [2.24, 2.45) is 23.7 Å². The van der Waals surface area contributed by atoms with Gasteiger partial charge < -0.3 is 70.7 Å². The third kappa shape index (κ3) is 24.9. The average Bonchev–Trinajstić information content (AvgIpc) is 0.820. The average molecular weight is 1410 g/mol. The van der Waals surface area contributed by atoms with Crippen molar-refractivity contribution in [3.63, 3.8) is 0 Å². The number of ether oxygens (including phenoxy) is 1. The Labute approximate surface area is 591 Å². The molecule has 27 heteroatoms. The number of likely N-dealkylation sites (N-methyl/N-ethyl adjacent to an activating group) is 6. The number of carbonyl (C=O) groups is 12. The summed E-state index contributed by atoms with van der Waals surface area (Å²) in [6.07, 6.45) is -0.114. The van der Waals surface area contributed by atoms with Crippen molar-refractivity contribution in [2.45, 2.75) is 220 Å². The van der Waals surface area contributed by atoms with Crippen LogP contribution in [0.1, 0.15) is 146 Å². The van der Waals surface area contributed by atoms with E-state index in [1.807, 2.05) is 41.5 Å². The third-order valence-corrected chi connectivity index (χ3v) is 18.2. The van der Waals surface area contributed by atoms with Gasteiger partial charge in [0.05, 0.1) is 31.3 Å². The second-order valence-electron chi connectivity index (χ2n) is 29.4. The summed E-state index contributed by atoms with van der Waals surface area (Å²) < 4.78 is 6.17. The van der Waals surface area contributed by atoms with Crippen molar-refractivity contribution >= 4 is 82.5 Å². The minimum Gasteiger partial charge on any atom is -0.391 e. The standard InChI is InChI=1S/C72H113ClN12O14/c1-42(2)33-51-67(94)81(16)55(35-44(5)6)64(91)78-60(47(10)86)71(98)79(14)40-59(88)84(19)61(45(7)8)65(92)77-53(41-99-72(11,12)13)68(95)83(18)57(37-48-27-22-20-23-28-48)70(97)82(17)54(34-43(3)4)62(89)76-52(69(96)85-31-24-21-25-32-85)39-58(87)74-46(9)66(93)80(15)56(63(90)75-51)38-49-29-26-30-50(73)36-49/h20,22-23,26-30,36,42-47,51-57,60-61,86H,21,24-25,31-35,37-41H2,1-19H3,(H,74,87)(H,75,90)(H,76,89)(H,77,92)(H,78,91)/t46-,47-,51+,52+,53+,54+,55+,56+,57+,60+,61+/m1/s1. The van der Waals surface area contributed by atoms with E-state index in [4.69, 9.17) is 16.3 Å². The number of amides is 12. The van der Waals surface area contributed by atoms with Crippen molar-refractivity contribution < 1.29 is 67.4 Å². The van der Waals surface area contributed by atoms with Gasteiger partial charge in [0.15, 0.2) is 0 Å². The summed E-state index contributed by atoms with van der Waals surface area (Å²) in [6, 6.07) is 1.49. The number of aliphatic hydroxyl groups excluding tert-OH is 1. The zero-order chi connectivity index (χ0) is 74.7. The van der Waals surface area contributed by atoms with E-state index in [0.717, 1.165) is 21.1 Å². The molecule has 0 saturated carbocycles. The van der Waals surface area contributed by atoms with Crippen LogP contribution in [0.3, 0.4) is 0 Å². The lowest BCUT2D eigenvalue weighted by molar-refractivity contribution is -0.152. The van der Waals surface area contributed by atoms with Crippen LogP contribution in [0.15, 0.2) is 54.6 Å². The van der Waals surface area contributed by atoms with Gasteiger partial charge in [-0.1, -0.05) is 109 Å². The molecule has 2 aliphatic rings. The highest BCUT2D eigenvalue weighted by molar-refractivity contribution is 6.30. The molecule has 11 atom stereocenters. The van der Waals surface area contributed by atoms with Gasteiger partial charge in [0.2, 0.25) is 70.9 Å². The first-order valence-corrected chi connectivity index (χ1v) is 35.0. The van der Waals surface area contributed by atoms with Crippen molar-refractivity contribution in [1.82, 2.24) is 60.9 Å². The summed E-state index contributed by atoms with van der Waals surface area (Å²) in [7, 11) is 8.18. The molecule has 0 radical (unpaired) electrons. The number of piperidine rings is 1. The molecular formula is C72H113ClN12O14. The molecule has 0 aromatic heterocycles. The Balaban J connectivity index is 1.96. The number of aliphatic hydroxyl groups is 1. The van der Waals surface area contributed by atoms with Gasteiger partial charge >= 0.3 is 0 Å².